The molecule has 0 aliphatic heterocycles. The molecule has 1 fully saturated rings. The zero-order valence-electron chi connectivity index (χ0n) is 9.43. The molecule has 1 saturated carbocycles. The molecular formula is C12H13N5. The standard InChI is InChI=1S/C12H13N5/c13-4-1-5-17(11-2-3-11)12-9(7-14)6-10(15)8-16-12/h6,8,11H,1-3,5,15H2. The maximum atomic E-state index is 9.08. The summed E-state index contributed by atoms with van der Waals surface area (Å²) in [4.78, 5) is 6.28. The second-order valence-electron chi connectivity index (χ2n) is 4.08. The van der Waals surface area contributed by atoms with Crippen molar-refractivity contribution in [2.45, 2.75) is 25.3 Å². The molecule has 5 heteroatoms. The van der Waals surface area contributed by atoms with Gasteiger partial charge >= 0.3 is 0 Å². The number of nitrogen functional groups attached to an aromatic ring is 1. The Morgan fingerprint density at radius 3 is 2.82 bits per heavy atom. The maximum Gasteiger partial charge on any atom is 0.146 e. The molecule has 0 atom stereocenters. The molecule has 1 heterocycles. The Labute approximate surface area is 100 Å². The molecule has 0 aromatic carbocycles. The van der Waals surface area contributed by atoms with Crippen molar-refractivity contribution >= 4 is 11.5 Å². The predicted molar refractivity (Wildman–Crippen MR) is 64.0 cm³/mol. The van der Waals surface area contributed by atoms with Crippen LogP contribution in [0.1, 0.15) is 24.8 Å². The Balaban J connectivity index is 2.29. The van der Waals surface area contributed by atoms with E-state index in [1.54, 1.807) is 12.3 Å². The van der Waals surface area contributed by atoms with E-state index >= 15 is 0 Å². The highest BCUT2D eigenvalue weighted by Crippen LogP contribution is 2.32. The van der Waals surface area contributed by atoms with E-state index in [0.717, 1.165) is 12.8 Å². The molecule has 0 saturated heterocycles. The van der Waals surface area contributed by atoms with Crippen molar-refractivity contribution in [1.82, 2.24) is 4.98 Å². The van der Waals surface area contributed by atoms with Gasteiger partial charge in [0.05, 0.1) is 29.9 Å². The van der Waals surface area contributed by atoms with Gasteiger partial charge in [0.1, 0.15) is 11.9 Å². The Kier molecular flexibility index (Phi) is 3.11. The van der Waals surface area contributed by atoms with Gasteiger partial charge in [0.25, 0.3) is 0 Å². The minimum atomic E-state index is 0.423. The number of rotatable bonds is 4. The van der Waals surface area contributed by atoms with Crippen LogP contribution in [0.15, 0.2) is 12.3 Å². The van der Waals surface area contributed by atoms with Crippen LogP contribution in [0.4, 0.5) is 11.5 Å². The number of hydrogen-bond donors (Lipinski definition) is 1. The molecule has 0 bridgehead atoms. The molecular weight excluding hydrogens is 214 g/mol. The van der Waals surface area contributed by atoms with E-state index in [4.69, 9.17) is 16.3 Å². The summed E-state index contributed by atoms with van der Waals surface area (Å²) in [7, 11) is 0. The van der Waals surface area contributed by atoms with Crippen LogP contribution < -0.4 is 10.6 Å². The summed E-state index contributed by atoms with van der Waals surface area (Å²) in [6, 6.07) is 6.28. The third kappa shape index (κ3) is 2.46. The normalized spacial score (nSPS) is 13.8. The maximum absolute atomic E-state index is 9.08. The van der Waals surface area contributed by atoms with Crippen LogP contribution >= 0.6 is 0 Å². The monoisotopic (exact) mass is 227 g/mol. The summed E-state index contributed by atoms with van der Waals surface area (Å²) in [5.74, 6) is 0.652. The molecule has 0 amide bonds. The largest absolute Gasteiger partial charge is 0.397 e. The van der Waals surface area contributed by atoms with Gasteiger partial charge in [0.15, 0.2) is 0 Å². The summed E-state index contributed by atoms with van der Waals surface area (Å²) >= 11 is 0. The third-order valence-electron chi connectivity index (χ3n) is 2.73. The highest BCUT2D eigenvalue weighted by atomic mass is 15.2. The van der Waals surface area contributed by atoms with Gasteiger partial charge in [0, 0.05) is 12.6 Å². The van der Waals surface area contributed by atoms with Crippen molar-refractivity contribution in [1.29, 1.82) is 10.5 Å². The zero-order chi connectivity index (χ0) is 12.3. The van der Waals surface area contributed by atoms with Crippen molar-refractivity contribution in [2.75, 3.05) is 17.2 Å². The second-order valence-corrected chi connectivity index (χ2v) is 4.08. The van der Waals surface area contributed by atoms with E-state index in [0.29, 0.717) is 36.1 Å². The summed E-state index contributed by atoms with van der Waals surface area (Å²) in [6.45, 7) is 0.618. The SMILES string of the molecule is N#CCCN(c1ncc(N)cc1C#N)C1CC1. The Bertz CT molecular complexity index is 493. The van der Waals surface area contributed by atoms with Gasteiger partial charge in [-0.3, -0.25) is 0 Å². The van der Waals surface area contributed by atoms with E-state index in [1.165, 1.54) is 0 Å². The minimum Gasteiger partial charge on any atom is -0.397 e. The minimum absolute atomic E-state index is 0.423. The van der Waals surface area contributed by atoms with Crippen molar-refractivity contribution in [3.63, 3.8) is 0 Å². The van der Waals surface area contributed by atoms with Gasteiger partial charge < -0.3 is 10.6 Å². The van der Waals surface area contributed by atoms with Gasteiger partial charge in [-0.25, -0.2) is 4.98 Å². The first kappa shape index (κ1) is 11.2. The molecule has 5 nitrogen and oxygen atoms in total. The lowest BCUT2D eigenvalue weighted by Gasteiger charge is -2.23. The first-order chi connectivity index (χ1) is 8.26. The highest BCUT2D eigenvalue weighted by molar-refractivity contribution is 5.59. The number of pyridine rings is 1. The van der Waals surface area contributed by atoms with E-state index in [9.17, 15) is 0 Å². The van der Waals surface area contributed by atoms with Crippen molar-refractivity contribution in [3.05, 3.63) is 17.8 Å². The lowest BCUT2D eigenvalue weighted by molar-refractivity contribution is 0.777. The first-order valence-corrected chi connectivity index (χ1v) is 5.55. The Hall–Kier alpha value is -2.27. The lowest BCUT2D eigenvalue weighted by Crippen LogP contribution is -2.28. The summed E-state index contributed by atoms with van der Waals surface area (Å²) in [5.41, 5.74) is 6.58. The number of aromatic nitrogens is 1. The summed E-state index contributed by atoms with van der Waals surface area (Å²) < 4.78 is 0. The molecule has 17 heavy (non-hydrogen) atoms. The molecule has 0 radical (unpaired) electrons. The smallest absolute Gasteiger partial charge is 0.146 e. The molecule has 0 unspecified atom stereocenters. The van der Waals surface area contributed by atoms with E-state index in [-0.39, 0.29) is 0 Å². The molecule has 2 rings (SSSR count). The van der Waals surface area contributed by atoms with Gasteiger partial charge in [-0.2, -0.15) is 10.5 Å². The molecule has 2 N–H and O–H groups in total. The number of nitrogens with two attached hydrogens (primary N) is 1. The van der Waals surface area contributed by atoms with E-state index in [2.05, 4.69) is 17.1 Å². The third-order valence-corrected chi connectivity index (χ3v) is 2.73. The van der Waals surface area contributed by atoms with E-state index < -0.39 is 0 Å². The van der Waals surface area contributed by atoms with Crippen LogP contribution in [-0.4, -0.2) is 17.6 Å². The van der Waals surface area contributed by atoms with Crippen LogP contribution in [0.2, 0.25) is 0 Å². The summed E-state index contributed by atoms with van der Waals surface area (Å²) in [6.07, 6.45) is 4.19. The van der Waals surface area contributed by atoms with Crippen LogP contribution in [0.25, 0.3) is 0 Å². The fourth-order valence-corrected chi connectivity index (χ4v) is 1.80. The van der Waals surface area contributed by atoms with Gasteiger partial charge in [0.2, 0.25) is 0 Å². The molecule has 1 aliphatic carbocycles. The number of hydrogen-bond acceptors (Lipinski definition) is 5. The fourth-order valence-electron chi connectivity index (χ4n) is 1.80. The first-order valence-electron chi connectivity index (χ1n) is 5.55. The zero-order valence-corrected chi connectivity index (χ0v) is 9.43. The van der Waals surface area contributed by atoms with Gasteiger partial charge in [-0.15, -0.1) is 0 Å². The molecule has 0 spiro atoms. The van der Waals surface area contributed by atoms with Crippen LogP contribution in [-0.2, 0) is 0 Å². The topological polar surface area (TPSA) is 89.7 Å². The predicted octanol–water partition coefficient (Wildman–Crippen LogP) is 1.42. The molecule has 1 aromatic heterocycles. The summed E-state index contributed by atoms with van der Waals surface area (Å²) in [5, 5.41) is 17.7. The number of anilines is 2. The fraction of sp³-hybridized carbons (Fsp3) is 0.417. The Morgan fingerprint density at radius 2 is 2.24 bits per heavy atom. The molecule has 86 valence electrons. The van der Waals surface area contributed by atoms with Crippen LogP contribution in [0, 0.1) is 22.7 Å². The number of nitrogens with zero attached hydrogens (tertiary/aromatic N) is 4. The van der Waals surface area contributed by atoms with Crippen LogP contribution in [0.5, 0.6) is 0 Å². The highest BCUT2D eigenvalue weighted by Gasteiger charge is 2.31. The van der Waals surface area contributed by atoms with Crippen molar-refractivity contribution in [2.24, 2.45) is 0 Å². The Morgan fingerprint density at radius 1 is 1.47 bits per heavy atom. The average Bonchev–Trinajstić information content (AvgIpc) is 3.15. The number of nitriles is 2. The average molecular weight is 227 g/mol. The lowest BCUT2D eigenvalue weighted by atomic mass is 10.2. The van der Waals surface area contributed by atoms with Crippen molar-refractivity contribution < 1.29 is 0 Å². The second kappa shape index (κ2) is 4.71. The van der Waals surface area contributed by atoms with E-state index in [1.807, 2.05) is 4.90 Å². The van der Waals surface area contributed by atoms with Gasteiger partial charge in [-0.1, -0.05) is 0 Å². The van der Waals surface area contributed by atoms with Crippen LogP contribution in [0.3, 0.4) is 0 Å². The van der Waals surface area contributed by atoms with Crippen molar-refractivity contribution in [3.8, 4) is 12.1 Å². The molecule has 1 aromatic rings. The molecule has 1 aliphatic rings. The quantitative estimate of drug-likeness (QED) is 0.840. The van der Waals surface area contributed by atoms with Gasteiger partial charge in [-0.05, 0) is 18.9 Å².